The van der Waals surface area contributed by atoms with E-state index in [1.807, 2.05) is 36.4 Å². The van der Waals surface area contributed by atoms with Crippen molar-refractivity contribution >= 4 is 16.9 Å². The highest BCUT2D eigenvalue weighted by atomic mass is 16.5. The first kappa shape index (κ1) is 25.7. The largest absolute Gasteiger partial charge is 0.465 e. The van der Waals surface area contributed by atoms with Crippen LogP contribution < -0.4 is 10.3 Å². The molecule has 0 bridgehead atoms. The molecule has 6 aromatic rings. The zero-order chi connectivity index (χ0) is 28.5. The van der Waals surface area contributed by atoms with Crippen LogP contribution in [0.5, 0.6) is 11.5 Å². The predicted octanol–water partition coefficient (Wildman–Crippen LogP) is 5.35. The molecule has 0 N–H and O–H groups in total. The fourth-order valence-electron chi connectivity index (χ4n) is 4.53. The van der Waals surface area contributed by atoms with Gasteiger partial charge in [0.2, 0.25) is 23.4 Å². The Kier molecular flexibility index (Phi) is 6.60. The first-order valence-corrected chi connectivity index (χ1v) is 12.6. The van der Waals surface area contributed by atoms with Gasteiger partial charge in [-0.25, -0.2) is 4.79 Å². The van der Waals surface area contributed by atoms with Gasteiger partial charge in [-0.2, -0.15) is 9.97 Å². The fourth-order valence-corrected chi connectivity index (χ4v) is 4.53. The van der Waals surface area contributed by atoms with Crippen LogP contribution in [0.25, 0.3) is 33.7 Å². The quantitative estimate of drug-likeness (QED) is 0.240. The second-order valence-electron chi connectivity index (χ2n) is 9.26. The van der Waals surface area contributed by atoms with E-state index in [-0.39, 0.29) is 17.7 Å². The molecule has 0 atom stereocenters. The predicted molar refractivity (Wildman–Crippen MR) is 148 cm³/mol. The lowest BCUT2D eigenvalue weighted by molar-refractivity contribution is 0.0602. The number of pyridine rings is 1. The summed E-state index contributed by atoms with van der Waals surface area (Å²) in [6.07, 6.45) is 0. The van der Waals surface area contributed by atoms with E-state index >= 15 is 0 Å². The minimum Gasteiger partial charge on any atom is -0.465 e. The van der Waals surface area contributed by atoms with Crippen LogP contribution >= 0.6 is 0 Å². The lowest BCUT2D eigenvalue weighted by Gasteiger charge is -2.15. The summed E-state index contributed by atoms with van der Waals surface area (Å²) >= 11 is 0. The number of aryl methyl sites for hydroxylation is 2. The molecule has 0 aliphatic heterocycles. The maximum absolute atomic E-state index is 13.3. The zero-order valence-electron chi connectivity index (χ0n) is 22.3. The number of nitrogens with zero attached hydrogens (tertiary/aromatic N) is 5. The monoisotopic (exact) mass is 549 g/mol. The normalized spacial score (nSPS) is 11.1. The van der Waals surface area contributed by atoms with E-state index in [9.17, 15) is 9.59 Å². The molecule has 3 heterocycles. The van der Waals surface area contributed by atoms with E-state index < -0.39 is 5.97 Å². The number of esters is 1. The van der Waals surface area contributed by atoms with Gasteiger partial charge in [-0.3, -0.25) is 4.79 Å². The molecule has 0 aliphatic rings. The number of fused-ring (bicyclic) bond motifs is 1. The molecule has 0 spiro atoms. The Morgan fingerprint density at radius 1 is 0.829 bits per heavy atom. The average molecular weight is 550 g/mol. The summed E-state index contributed by atoms with van der Waals surface area (Å²) in [4.78, 5) is 34.5. The van der Waals surface area contributed by atoms with Crippen LogP contribution in [0.4, 0.5) is 0 Å². The maximum atomic E-state index is 13.3. The van der Waals surface area contributed by atoms with E-state index in [0.717, 1.165) is 16.7 Å². The highest BCUT2D eigenvalue weighted by molar-refractivity contribution is 6.03. The Morgan fingerprint density at radius 3 is 2.15 bits per heavy atom. The molecule has 11 heteroatoms. The molecular formula is C30H23N5O6. The number of carbonyl (C=O) groups is 1. The SMILES string of the molecule is COC(=O)c1cc(=O)n(Cc2cccc(-c3noc(C)n3)c2)c2ccc(Oc3cccc(-c4noc(C)n4)c3)cc12. The molecule has 0 unspecified atom stereocenters. The third-order valence-electron chi connectivity index (χ3n) is 6.40. The molecule has 204 valence electrons. The van der Waals surface area contributed by atoms with Crippen LogP contribution in [0.15, 0.2) is 86.6 Å². The molecule has 3 aromatic heterocycles. The number of hydrogen-bond acceptors (Lipinski definition) is 10. The first-order valence-electron chi connectivity index (χ1n) is 12.6. The van der Waals surface area contributed by atoms with Crippen LogP contribution in [0.2, 0.25) is 0 Å². The molecular weight excluding hydrogens is 526 g/mol. The van der Waals surface area contributed by atoms with Gasteiger partial charge in [-0.1, -0.05) is 40.6 Å². The van der Waals surface area contributed by atoms with Gasteiger partial charge in [0.25, 0.3) is 5.56 Å². The lowest BCUT2D eigenvalue weighted by atomic mass is 10.1. The van der Waals surface area contributed by atoms with Crippen LogP contribution in [0, 0.1) is 13.8 Å². The number of methoxy groups -OCH3 is 1. The number of rotatable bonds is 7. The summed E-state index contributed by atoms with van der Waals surface area (Å²) < 4.78 is 22.9. The Balaban J connectivity index is 1.38. The molecule has 0 radical (unpaired) electrons. The third kappa shape index (κ3) is 5.20. The molecule has 11 nitrogen and oxygen atoms in total. The number of aromatic nitrogens is 5. The lowest BCUT2D eigenvalue weighted by Crippen LogP contribution is -2.23. The summed E-state index contributed by atoms with van der Waals surface area (Å²) in [5, 5.41) is 8.44. The molecule has 0 saturated carbocycles. The van der Waals surface area contributed by atoms with E-state index in [4.69, 9.17) is 18.5 Å². The van der Waals surface area contributed by atoms with Crippen molar-refractivity contribution in [1.82, 2.24) is 24.8 Å². The fraction of sp³-hybridized carbons (Fsp3) is 0.133. The van der Waals surface area contributed by atoms with Crippen molar-refractivity contribution in [2.24, 2.45) is 0 Å². The number of carbonyl (C=O) groups excluding carboxylic acids is 1. The summed E-state index contributed by atoms with van der Waals surface area (Å²) in [6.45, 7) is 3.68. The highest BCUT2D eigenvalue weighted by Crippen LogP contribution is 2.30. The first-order chi connectivity index (χ1) is 19.9. The minimum atomic E-state index is -0.625. The Morgan fingerprint density at radius 2 is 1.49 bits per heavy atom. The summed E-state index contributed by atoms with van der Waals surface area (Å²) in [5.74, 6) is 2.19. The van der Waals surface area contributed by atoms with Crippen molar-refractivity contribution in [2.45, 2.75) is 20.4 Å². The van der Waals surface area contributed by atoms with Crippen molar-refractivity contribution in [3.8, 4) is 34.3 Å². The van der Waals surface area contributed by atoms with Crippen molar-refractivity contribution in [3.63, 3.8) is 0 Å². The smallest absolute Gasteiger partial charge is 0.338 e. The molecule has 41 heavy (non-hydrogen) atoms. The summed E-state index contributed by atoms with van der Waals surface area (Å²) in [7, 11) is 1.27. The maximum Gasteiger partial charge on any atom is 0.338 e. The van der Waals surface area contributed by atoms with Crippen LogP contribution in [-0.4, -0.2) is 37.9 Å². The van der Waals surface area contributed by atoms with Gasteiger partial charge in [0.1, 0.15) is 11.5 Å². The topological polar surface area (TPSA) is 135 Å². The van der Waals surface area contributed by atoms with Crippen LogP contribution in [0.1, 0.15) is 27.7 Å². The van der Waals surface area contributed by atoms with Gasteiger partial charge in [0.15, 0.2) is 0 Å². The van der Waals surface area contributed by atoms with E-state index in [2.05, 4.69) is 20.3 Å². The van der Waals surface area contributed by atoms with Gasteiger partial charge < -0.3 is 23.1 Å². The van der Waals surface area contributed by atoms with E-state index in [1.165, 1.54) is 13.2 Å². The Hall–Kier alpha value is -5.58. The van der Waals surface area contributed by atoms with Crippen molar-refractivity contribution in [1.29, 1.82) is 0 Å². The number of ether oxygens (including phenoxy) is 2. The van der Waals surface area contributed by atoms with Crippen molar-refractivity contribution < 1.29 is 23.3 Å². The second-order valence-corrected chi connectivity index (χ2v) is 9.26. The number of benzene rings is 3. The van der Waals surface area contributed by atoms with E-state index in [0.29, 0.717) is 45.8 Å². The standard InChI is InChI=1S/C30H23N5O6/c1-17-31-28(33-40-17)20-7-4-6-19(12-20)16-35-26-11-10-23(14-24(26)25(15-27(35)36)30(37)38-3)39-22-9-5-8-21(13-22)29-32-18(2)41-34-29/h4-15H,16H2,1-3H3. The third-order valence-corrected chi connectivity index (χ3v) is 6.40. The summed E-state index contributed by atoms with van der Waals surface area (Å²) in [6, 6.07) is 21.3. The van der Waals surface area contributed by atoms with Gasteiger partial charge in [0.05, 0.1) is 24.7 Å². The number of hydrogen-bond donors (Lipinski definition) is 0. The van der Waals surface area contributed by atoms with Crippen LogP contribution in [0.3, 0.4) is 0 Å². The van der Waals surface area contributed by atoms with Crippen LogP contribution in [-0.2, 0) is 11.3 Å². The minimum absolute atomic E-state index is 0.140. The van der Waals surface area contributed by atoms with Gasteiger partial charge in [-0.15, -0.1) is 0 Å². The van der Waals surface area contributed by atoms with Gasteiger partial charge in [0, 0.05) is 36.4 Å². The average Bonchev–Trinajstić information content (AvgIpc) is 3.62. The Bertz CT molecular complexity index is 1970. The molecule has 3 aromatic carbocycles. The highest BCUT2D eigenvalue weighted by Gasteiger charge is 2.17. The van der Waals surface area contributed by atoms with Crippen molar-refractivity contribution in [3.05, 3.63) is 106 Å². The molecule has 0 saturated heterocycles. The summed E-state index contributed by atoms with van der Waals surface area (Å²) in [5.41, 5.74) is 2.66. The van der Waals surface area contributed by atoms with Gasteiger partial charge in [-0.05, 0) is 42.0 Å². The molecule has 0 aliphatic carbocycles. The molecule has 6 rings (SSSR count). The van der Waals surface area contributed by atoms with Gasteiger partial charge >= 0.3 is 5.97 Å². The van der Waals surface area contributed by atoms with Crippen molar-refractivity contribution in [2.75, 3.05) is 7.11 Å². The zero-order valence-corrected chi connectivity index (χ0v) is 22.3. The molecule has 0 fully saturated rings. The Labute approximate surface area is 233 Å². The van der Waals surface area contributed by atoms with E-state index in [1.54, 1.807) is 48.7 Å². The second kappa shape index (κ2) is 10.5. The molecule has 0 amide bonds.